The number of carbonyl (C=O) groups excluding carboxylic acids is 1. The summed E-state index contributed by atoms with van der Waals surface area (Å²) < 4.78 is 23.5. The number of nitrogens with zero attached hydrogens (tertiary/aromatic N) is 2. The van der Waals surface area contributed by atoms with Crippen LogP contribution in [-0.4, -0.2) is 85.5 Å². The Kier molecular flexibility index (Phi) is 8.33. The molecule has 7 nitrogen and oxygen atoms in total. The van der Waals surface area contributed by atoms with Crippen LogP contribution in [0, 0.1) is 0 Å². The van der Waals surface area contributed by atoms with Crippen molar-refractivity contribution in [3.63, 3.8) is 0 Å². The summed E-state index contributed by atoms with van der Waals surface area (Å²) in [7, 11) is 0. The van der Waals surface area contributed by atoms with Crippen molar-refractivity contribution in [2.24, 2.45) is 0 Å². The zero-order valence-electron chi connectivity index (χ0n) is 17.7. The Morgan fingerprint density at radius 1 is 1.17 bits per heavy atom. The third kappa shape index (κ3) is 5.84. The van der Waals surface area contributed by atoms with Crippen molar-refractivity contribution in [3.8, 4) is 11.5 Å². The van der Waals surface area contributed by atoms with Gasteiger partial charge < -0.3 is 28.7 Å². The first kappa shape index (κ1) is 23.2. The average Bonchev–Trinajstić information content (AvgIpc) is 2.72. The fraction of sp³-hybridized carbons (Fsp3) is 0.619. The number of ether oxygens (including phenoxy) is 4. The van der Waals surface area contributed by atoms with Gasteiger partial charge in [0.2, 0.25) is 0 Å². The van der Waals surface area contributed by atoms with Crippen LogP contribution < -0.4 is 9.47 Å². The monoisotopic (exact) mass is 500 g/mol. The lowest BCUT2D eigenvalue weighted by molar-refractivity contribution is -0.137. The minimum absolute atomic E-state index is 0.0546. The number of morpholine rings is 2. The van der Waals surface area contributed by atoms with Crippen molar-refractivity contribution >= 4 is 39.0 Å². The van der Waals surface area contributed by atoms with Gasteiger partial charge in [-0.1, -0.05) is 12.2 Å². The maximum Gasteiger partial charge on any atom is 0.260 e. The highest BCUT2D eigenvalue weighted by Crippen LogP contribution is 2.37. The van der Waals surface area contributed by atoms with Crippen LogP contribution in [0.1, 0.15) is 26.3 Å². The first-order chi connectivity index (χ1) is 14.4. The molecule has 30 heavy (non-hydrogen) atoms. The molecule has 166 valence electrons. The zero-order valence-corrected chi connectivity index (χ0v) is 20.1. The second-order valence-electron chi connectivity index (χ2n) is 7.47. The molecule has 0 aromatic heterocycles. The van der Waals surface area contributed by atoms with Gasteiger partial charge in [0, 0.05) is 31.7 Å². The van der Waals surface area contributed by atoms with Crippen LogP contribution in [0.15, 0.2) is 16.6 Å². The molecule has 2 fully saturated rings. The lowest BCUT2D eigenvalue weighted by Gasteiger charge is -2.37. The van der Waals surface area contributed by atoms with Crippen LogP contribution in [0.4, 0.5) is 0 Å². The van der Waals surface area contributed by atoms with Crippen molar-refractivity contribution in [2.75, 3.05) is 52.6 Å². The van der Waals surface area contributed by atoms with Crippen LogP contribution in [0.25, 0.3) is 0 Å². The van der Waals surface area contributed by atoms with Gasteiger partial charge in [0.1, 0.15) is 4.99 Å². The number of amides is 1. The molecule has 2 saturated heterocycles. The van der Waals surface area contributed by atoms with E-state index in [-0.39, 0.29) is 24.7 Å². The Morgan fingerprint density at radius 3 is 2.47 bits per heavy atom. The molecule has 0 unspecified atom stereocenters. The van der Waals surface area contributed by atoms with Gasteiger partial charge in [0.15, 0.2) is 18.1 Å². The highest BCUT2D eigenvalue weighted by Gasteiger charge is 2.26. The molecule has 1 aromatic rings. The number of benzene rings is 1. The summed E-state index contributed by atoms with van der Waals surface area (Å²) in [5.41, 5.74) is 0.869. The smallest absolute Gasteiger partial charge is 0.260 e. The summed E-state index contributed by atoms with van der Waals surface area (Å²) in [5, 5.41) is 0. The van der Waals surface area contributed by atoms with Crippen LogP contribution in [-0.2, 0) is 14.3 Å². The first-order valence-electron chi connectivity index (χ1n) is 10.3. The largest absolute Gasteiger partial charge is 0.490 e. The van der Waals surface area contributed by atoms with Crippen LogP contribution in [0.2, 0.25) is 0 Å². The maximum atomic E-state index is 12.4. The van der Waals surface area contributed by atoms with E-state index in [4.69, 9.17) is 31.2 Å². The van der Waals surface area contributed by atoms with Crippen LogP contribution >= 0.6 is 28.1 Å². The van der Waals surface area contributed by atoms with Crippen molar-refractivity contribution in [1.29, 1.82) is 0 Å². The van der Waals surface area contributed by atoms with Crippen LogP contribution in [0.5, 0.6) is 11.5 Å². The molecular formula is C21H29BrN2O5S. The van der Waals surface area contributed by atoms with E-state index in [0.29, 0.717) is 48.9 Å². The maximum absolute atomic E-state index is 12.4. The molecule has 9 heteroatoms. The topological polar surface area (TPSA) is 60.5 Å². The van der Waals surface area contributed by atoms with Crippen molar-refractivity contribution in [1.82, 2.24) is 9.80 Å². The van der Waals surface area contributed by atoms with E-state index in [1.807, 2.05) is 19.1 Å². The molecule has 0 saturated carbocycles. The molecule has 0 aliphatic carbocycles. The van der Waals surface area contributed by atoms with Gasteiger partial charge in [-0.25, -0.2) is 0 Å². The van der Waals surface area contributed by atoms with E-state index in [1.54, 1.807) is 4.90 Å². The predicted octanol–water partition coefficient (Wildman–Crippen LogP) is 2.87. The Hall–Kier alpha value is -1.42. The summed E-state index contributed by atoms with van der Waals surface area (Å²) in [4.78, 5) is 17.1. The highest BCUT2D eigenvalue weighted by molar-refractivity contribution is 9.10. The standard InChI is InChI=1S/C21H29BrN2O5S/c1-4-27-18-10-16(21(30)24-11-14(2)29-15(3)12-24)9-17(22)20(18)28-13-19(25)23-5-7-26-8-6-23/h9-10,14-15H,4-8,11-13H2,1-3H3/t14-,15-/m0/s1. The van der Waals surface area contributed by atoms with Gasteiger partial charge in [-0.3, -0.25) is 4.79 Å². The van der Waals surface area contributed by atoms with E-state index in [9.17, 15) is 4.79 Å². The molecule has 2 heterocycles. The van der Waals surface area contributed by atoms with Crippen molar-refractivity contribution in [3.05, 3.63) is 22.2 Å². The van der Waals surface area contributed by atoms with E-state index >= 15 is 0 Å². The van der Waals surface area contributed by atoms with Gasteiger partial charge in [-0.05, 0) is 48.8 Å². The van der Waals surface area contributed by atoms with E-state index < -0.39 is 0 Å². The molecule has 0 bridgehead atoms. The number of hydrogen-bond acceptors (Lipinski definition) is 6. The first-order valence-corrected chi connectivity index (χ1v) is 11.5. The van der Waals surface area contributed by atoms with Crippen molar-refractivity contribution < 1.29 is 23.7 Å². The molecule has 0 radical (unpaired) electrons. The quantitative estimate of drug-likeness (QED) is 0.556. The van der Waals surface area contributed by atoms with Gasteiger partial charge in [0.05, 0.1) is 36.5 Å². The minimum atomic E-state index is -0.0662. The van der Waals surface area contributed by atoms with Gasteiger partial charge >= 0.3 is 0 Å². The van der Waals surface area contributed by atoms with Gasteiger partial charge in [0.25, 0.3) is 5.91 Å². The summed E-state index contributed by atoms with van der Waals surface area (Å²) in [5.74, 6) is 1.01. The summed E-state index contributed by atoms with van der Waals surface area (Å²) in [6.07, 6.45) is 0.241. The second kappa shape index (κ2) is 10.7. The van der Waals surface area contributed by atoms with E-state index in [0.717, 1.165) is 23.6 Å². The summed E-state index contributed by atoms with van der Waals surface area (Å²) >= 11 is 9.34. The average molecular weight is 501 g/mol. The third-order valence-corrected chi connectivity index (χ3v) is 6.05. The SMILES string of the molecule is CCOc1cc(C(=S)N2C[C@H](C)O[C@@H](C)C2)cc(Br)c1OCC(=O)N1CCOCC1. The second-order valence-corrected chi connectivity index (χ2v) is 8.71. The Morgan fingerprint density at radius 2 is 1.83 bits per heavy atom. The summed E-state index contributed by atoms with van der Waals surface area (Å²) in [6, 6.07) is 3.81. The predicted molar refractivity (Wildman–Crippen MR) is 121 cm³/mol. The number of thiocarbonyl (C=S) groups is 1. The lowest BCUT2D eigenvalue weighted by Crippen LogP contribution is -2.47. The highest BCUT2D eigenvalue weighted by atomic mass is 79.9. The number of halogens is 1. The molecule has 0 N–H and O–H groups in total. The number of carbonyl (C=O) groups is 1. The Labute approximate surface area is 191 Å². The third-order valence-electron chi connectivity index (χ3n) is 4.97. The Bertz CT molecular complexity index is 762. The molecule has 2 aliphatic heterocycles. The Balaban J connectivity index is 1.74. The normalized spacial score (nSPS) is 22.0. The molecule has 2 atom stereocenters. The fourth-order valence-corrected chi connectivity index (χ4v) is 4.48. The zero-order chi connectivity index (χ0) is 21.7. The van der Waals surface area contributed by atoms with Crippen molar-refractivity contribution in [2.45, 2.75) is 33.0 Å². The number of hydrogen-bond donors (Lipinski definition) is 0. The lowest BCUT2D eigenvalue weighted by atomic mass is 10.1. The molecule has 1 amide bonds. The fourth-order valence-electron chi connectivity index (χ4n) is 3.66. The van der Waals surface area contributed by atoms with E-state index in [2.05, 4.69) is 34.7 Å². The van der Waals surface area contributed by atoms with E-state index in [1.165, 1.54) is 0 Å². The molecule has 2 aliphatic rings. The van der Waals surface area contributed by atoms with Gasteiger partial charge in [-0.15, -0.1) is 0 Å². The van der Waals surface area contributed by atoms with Crippen LogP contribution in [0.3, 0.4) is 0 Å². The summed E-state index contributed by atoms with van der Waals surface area (Å²) in [6.45, 7) is 10.2. The molecule has 0 spiro atoms. The minimum Gasteiger partial charge on any atom is -0.490 e. The van der Waals surface area contributed by atoms with Gasteiger partial charge in [-0.2, -0.15) is 0 Å². The molecule has 3 rings (SSSR count). The number of rotatable bonds is 6. The molecular weight excluding hydrogens is 472 g/mol. The molecule has 1 aromatic carbocycles.